The maximum absolute atomic E-state index is 4.29. The monoisotopic (exact) mass is 458 g/mol. The van der Waals surface area contributed by atoms with Crippen LogP contribution in [-0.2, 0) is 0 Å². The van der Waals surface area contributed by atoms with E-state index < -0.39 is 7.26 Å². The minimum Gasteiger partial charge on any atom is -0.138 e. The maximum atomic E-state index is 4.29. The molecule has 0 unspecified atom stereocenters. The second-order valence-corrected chi connectivity index (χ2v) is 9.39. The van der Waals surface area contributed by atoms with Crippen LogP contribution in [0.25, 0.3) is 0 Å². The molecule has 0 aliphatic carbocycles. The molecular formula is C13H14IN9P+. The Morgan fingerprint density at radius 3 is 1.50 bits per heavy atom. The Hall–Kier alpha value is -1.81. The van der Waals surface area contributed by atoms with Crippen molar-refractivity contribution < 1.29 is 0 Å². The van der Waals surface area contributed by atoms with Crippen molar-refractivity contribution in [2.24, 2.45) is 0 Å². The first kappa shape index (κ1) is 17.0. The van der Waals surface area contributed by atoms with Gasteiger partial charge in [0.25, 0.3) is 0 Å². The maximum Gasteiger partial charge on any atom is 0.219 e. The lowest BCUT2D eigenvalue weighted by molar-refractivity contribution is 0.863. The highest BCUT2D eigenvalue weighted by Gasteiger charge is 2.50. The molecule has 3 rings (SSSR count). The Labute approximate surface area is 152 Å². The summed E-state index contributed by atoms with van der Waals surface area (Å²) in [6, 6.07) is 5.61. The molecule has 9 nitrogen and oxygen atoms in total. The molecule has 0 saturated carbocycles. The Balaban J connectivity index is 2.20. The van der Waals surface area contributed by atoms with Crippen LogP contribution in [0.2, 0.25) is 0 Å². The molecule has 0 aromatic carbocycles. The molecule has 0 bridgehead atoms. The van der Waals surface area contributed by atoms with Gasteiger partial charge in [-0.25, -0.2) is 0 Å². The standard InChI is InChI=1S/C13H14IN9P/c14-6-1-2-10-24(11-3-7-15-21-18-11,12-4-8-16-22-19-12)13-5-9-17-23-20-13/h3-5,7-9H,1-2,6,10H2/q+1/i14+4. The molecule has 0 saturated heterocycles. The van der Waals surface area contributed by atoms with Gasteiger partial charge in [-0.1, -0.05) is 37.9 Å². The Bertz CT molecular complexity index is 650. The fourth-order valence-corrected chi connectivity index (χ4v) is 6.62. The van der Waals surface area contributed by atoms with Gasteiger partial charge in [0.2, 0.25) is 16.3 Å². The lowest BCUT2D eigenvalue weighted by Gasteiger charge is -2.21. The molecule has 0 aliphatic rings. The van der Waals surface area contributed by atoms with E-state index in [0.717, 1.165) is 39.7 Å². The topological polar surface area (TPSA) is 116 Å². The molecule has 0 fully saturated rings. The fraction of sp³-hybridized carbons (Fsp3) is 0.308. The van der Waals surface area contributed by atoms with Crippen LogP contribution in [0.3, 0.4) is 0 Å². The largest absolute Gasteiger partial charge is 0.219 e. The summed E-state index contributed by atoms with van der Waals surface area (Å²) in [6.45, 7) is 0. The second-order valence-electron chi connectivity index (χ2n) is 4.87. The number of nitrogens with zero attached hydrogens (tertiary/aromatic N) is 9. The van der Waals surface area contributed by atoms with Crippen LogP contribution in [0, 0.1) is 0 Å². The molecule has 0 spiro atoms. The SMILES string of the molecule is [131I]CCCC[P+](c1ccnnn1)(c1ccnnn1)c1ccnnn1. The smallest absolute Gasteiger partial charge is 0.138 e. The summed E-state index contributed by atoms with van der Waals surface area (Å²) in [4.78, 5) is 0. The first-order valence-corrected chi connectivity index (χ1v) is 10.8. The summed E-state index contributed by atoms with van der Waals surface area (Å²) >= 11 is 2.38. The van der Waals surface area contributed by atoms with Gasteiger partial charge in [-0.2, -0.15) is 0 Å². The summed E-state index contributed by atoms with van der Waals surface area (Å²) in [7, 11) is -2.23. The van der Waals surface area contributed by atoms with Crippen LogP contribution in [0.1, 0.15) is 12.8 Å². The number of rotatable bonds is 7. The van der Waals surface area contributed by atoms with Crippen LogP contribution < -0.4 is 16.3 Å². The lowest BCUT2D eigenvalue weighted by Crippen LogP contribution is -2.39. The van der Waals surface area contributed by atoms with E-state index in [1.165, 1.54) is 0 Å². The van der Waals surface area contributed by atoms with Gasteiger partial charge < -0.3 is 0 Å². The molecule has 0 radical (unpaired) electrons. The molecule has 3 aromatic rings. The summed E-state index contributed by atoms with van der Waals surface area (Å²) in [5.74, 6) is 0. The third kappa shape index (κ3) is 3.48. The normalized spacial score (nSPS) is 11.4. The molecule has 0 atom stereocenters. The molecule has 0 N–H and O–H groups in total. The minimum absolute atomic E-state index is 0.812. The molecular weight excluding hydrogens is 444 g/mol. The Kier molecular flexibility index (Phi) is 5.91. The van der Waals surface area contributed by atoms with E-state index in [0.29, 0.717) is 0 Å². The Morgan fingerprint density at radius 2 is 1.17 bits per heavy atom. The number of halogens is 1. The predicted octanol–water partition coefficient (Wildman–Crippen LogP) is -0.249. The van der Waals surface area contributed by atoms with Gasteiger partial charge in [-0.3, -0.25) is 0 Å². The predicted molar refractivity (Wildman–Crippen MR) is 98.3 cm³/mol. The first-order chi connectivity index (χ1) is 11.9. The fourth-order valence-electron chi connectivity index (χ4n) is 2.45. The van der Waals surface area contributed by atoms with E-state index in [2.05, 4.69) is 68.8 Å². The molecule has 122 valence electrons. The van der Waals surface area contributed by atoms with Crippen molar-refractivity contribution in [3.8, 4) is 0 Å². The van der Waals surface area contributed by atoms with Crippen molar-refractivity contribution in [3.63, 3.8) is 0 Å². The number of hydrogen-bond donors (Lipinski definition) is 0. The van der Waals surface area contributed by atoms with Crippen molar-refractivity contribution in [1.29, 1.82) is 0 Å². The van der Waals surface area contributed by atoms with E-state index in [1.807, 2.05) is 18.2 Å². The van der Waals surface area contributed by atoms with Crippen LogP contribution in [0.15, 0.2) is 36.8 Å². The van der Waals surface area contributed by atoms with Crippen molar-refractivity contribution >= 4 is 46.2 Å². The summed E-state index contributed by atoms with van der Waals surface area (Å²) in [6.07, 6.45) is 7.87. The minimum atomic E-state index is -2.23. The van der Waals surface area contributed by atoms with Crippen molar-refractivity contribution in [1.82, 2.24) is 46.2 Å². The molecule has 24 heavy (non-hydrogen) atoms. The zero-order chi connectivity index (χ0) is 16.7. The third-order valence-electron chi connectivity index (χ3n) is 3.52. The zero-order valence-electron chi connectivity index (χ0n) is 12.6. The highest BCUT2D eigenvalue weighted by atomic mass is 131. The second kappa shape index (κ2) is 8.34. The van der Waals surface area contributed by atoms with E-state index >= 15 is 0 Å². The van der Waals surface area contributed by atoms with Crippen LogP contribution >= 0.6 is 29.9 Å². The van der Waals surface area contributed by atoms with Crippen molar-refractivity contribution in [2.45, 2.75) is 12.8 Å². The number of unbranched alkanes of at least 4 members (excludes halogenated alkanes) is 1. The summed E-state index contributed by atoms with van der Waals surface area (Å²) < 4.78 is 1.09. The van der Waals surface area contributed by atoms with Gasteiger partial charge >= 0.3 is 0 Å². The average Bonchev–Trinajstić information content (AvgIpc) is 2.68. The summed E-state index contributed by atoms with van der Waals surface area (Å²) in [5.41, 5.74) is 2.44. The van der Waals surface area contributed by atoms with Gasteiger partial charge in [0.05, 0.1) is 24.8 Å². The molecule has 11 heteroatoms. The number of hydrogen-bond acceptors (Lipinski definition) is 9. The van der Waals surface area contributed by atoms with Crippen LogP contribution in [-0.4, -0.2) is 56.8 Å². The highest BCUT2D eigenvalue weighted by molar-refractivity contribution is 14.1. The van der Waals surface area contributed by atoms with Crippen LogP contribution in [0.4, 0.5) is 0 Å². The van der Waals surface area contributed by atoms with Gasteiger partial charge in [0, 0.05) is 18.2 Å². The van der Waals surface area contributed by atoms with Gasteiger partial charge in [-0.05, 0) is 32.9 Å². The molecule has 3 aromatic heterocycles. The van der Waals surface area contributed by atoms with Gasteiger partial charge in [0.15, 0.2) is 7.26 Å². The number of alkyl halides is 1. The van der Waals surface area contributed by atoms with Gasteiger partial charge in [-0.15, -0.1) is 15.3 Å². The molecule has 0 amide bonds. The van der Waals surface area contributed by atoms with E-state index in [4.69, 9.17) is 0 Å². The van der Waals surface area contributed by atoms with E-state index in [9.17, 15) is 0 Å². The number of aromatic nitrogens is 9. The molecule has 3 heterocycles. The van der Waals surface area contributed by atoms with Gasteiger partial charge in [0.1, 0.15) is 0 Å². The van der Waals surface area contributed by atoms with Crippen molar-refractivity contribution in [2.75, 3.05) is 10.6 Å². The van der Waals surface area contributed by atoms with E-state index in [-0.39, 0.29) is 0 Å². The van der Waals surface area contributed by atoms with Crippen molar-refractivity contribution in [3.05, 3.63) is 36.8 Å². The quantitative estimate of drug-likeness (QED) is 0.205. The first-order valence-electron chi connectivity index (χ1n) is 7.27. The third-order valence-corrected chi connectivity index (χ3v) is 8.33. The van der Waals surface area contributed by atoms with E-state index in [1.54, 1.807) is 18.6 Å². The Morgan fingerprint density at radius 1 is 0.708 bits per heavy atom. The zero-order valence-corrected chi connectivity index (χ0v) is 15.7. The van der Waals surface area contributed by atoms with Crippen LogP contribution in [0.5, 0.6) is 0 Å². The summed E-state index contributed by atoms with van der Waals surface area (Å²) in [5, 5.41) is 35.8. The molecule has 0 aliphatic heterocycles. The average molecular weight is 458 g/mol. The highest BCUT2D eigenvalue weighted by Crippen LogP contribution is 2.53. The lowest BCUT2D eigenvalue weighted by atomic mass is 10.4.